The number of carbonyl (C=O) groups excluding carboxylic acids is 1. The zero-order chi connectivity index (χ0) is 16.3. The van der Waals surface area contributed by atoms with E-state index in [1.807, 2.05) is 51.1 Å². The second-order valence-corrected chi connectivity index (χ2v) is 6.70. The van der Waals surface area contributed by atoms with Crippen molar-refractivity contribution in [3.63, 3.8) is 0 Å². The number of rotatable bonds is 3. The summed E-state index contributed by atoms with van der Waals surface area (Å²) in [6.45, 7) is 6.42. The van der Waals surface area contributed by atoms with Gasteiger partial charge >= 0.3 is 12.1 Å². The number of carboxylic acid groups (broad SMARTS) is 1. The predicted molar refractivity (Wildman–Crippen MR) is 82.7 cm³/mol. The third kappa shape index (κ3) is 4.00. The van der Waals surface area contributed by atoms with Crippen molar-refractivity contribution in [1.82, 2.24) is 4.90 Å². The summed E-state index contributed by atoms with van der Waals surface area (Å²) in [6.07, 6.45) is 0.303. The van der Waals surface area contributed by atoms with Gasteiger partial charge in [0.2, 0.25) is 0 Å². The molecule has 1 aliphatic heterocycles. The third-order valence-corrected chi connectivity index (χ3v) is 3.77. The molecule has 1 aliphatic rings. The Balaban J connectivity index is 2.07. The highest BCUT2D eigenvalue weighted by molar-refractivity contribution is 5.77. The van der Waals surface area contributed by atoms with Crippen LogP contribution in [0.3, 0.4) is 0 Å². The van der Waals surface area contributed by atoms with E-state index < -0.39 is 17.5 Å². The standard InChI is InChI=1S/C17H23NO4/c1-17(2,3)22-16(21)18-10-9-13(11-18)14(15(19)20)12-7-5-4-6-8-12/h4-8,13-14H,9-11H2,1-3H3,(H,19,20)/t13-,14+/m0/s1. The summed E-state index contributed by atoms with van der Waals surface area (Å²) in [4.78, 5) is 25.4. The summed E-state index contributed by atoms with van der Waals surface area (Å²) in [6, 6.07) is 9.20. The molecule has 1 saturated heterocycles. The molecule has 0 aliphatic carbocycles. The molecule has 0 saturated carbocycles. The van der Waals surface area contributed by atoms with E-state index in [4.69, 9.17) is 4.74 Å². The van der Waals surface area contributed by atoms with Crippen molar-refractivity contribution >= 4 is 12.1 Å². The lowest BCUT2D eigenvalue weighted by Crippen LogP contribution is -2.36. The normalized spacial score (nSPS) is 19.8. The fourth-order valence-corrected chi connectivity index (χ4v) is 2.83. The molecule has 5 nitrogen and oxygen atoms in total. The first-order valence-electron chi connectivity index (χ1n) is 7.53. The van der Waals surface area contributed by atoms with Crippen molar-refractivity contribution in [3.05, 3.63) is 35.9 Å². The fourth-order valence-electron chi connectivity index (χ4n) is 2.83. The highest BCUT2D eigenvalue weighted by atomic mass is 16.6. The van der Waals surface area contributed by atoms with E-state index in [1.54, 1.807) is 4.90 Å². The van der Waals surface area contributed by atoms with Gasteiger partial charge in [-0.25, -0.2) is 4.79 Å². The van der Waals surface area contributed by atoms with Crippen LogP contribution in [0.2, 0.25) is 0 Å². The smallest absolute Gasteiger partial charge is 0.410 e. The maximum absolute atomic E-state index is 12.1. The second kappa shape index (κ2) is 6.38. The first kappa shape index (κ1) is 16.3. The van der Waals surface area contributed by atoms with Crippen LogP contribution in [0.15, 0.2) is 30.3 Å². The number of ether oxygens (including phenoxy) is 1. The van der Waals surface area contributed by atoms with Gasteiger partial charge in [-0.15, -0.1) is 0 Å². The van der Waals surface area contributed by atoms with Crippen molar-refractivity contribution in [1.29, 1.82) is 0 Å². The molecule has 1 heterocycles. The molecule has 1 aromatic carbocycles. The Morgan fingerprint density at radius 3 is 2.45 bits per heavy atom. The molecule has 120 valence electrons. The van der Waals surface area contributed by atoms with Gasteiger partial charge in [-0.2, -0.15) is 0 Å². The Morgan fingerprint density at radius 1 is 1.27 bits per heavy atom. The van der Waals surface area contributed by atoms with Crippen molar-refractivity contribution in [2.75, 3.05) is 13.1 Å². The van der Waals surface area contributed by atoms with E-state index >= 15 is 0 Å². The summed E-state index contributed by atoms with van der Waals surface area (Å²) in [5.74, 6) is -1.52. The molecule has 1 fully saturated rings. The lowest BCUT2D eigenvalue weighted by molar-refractivity contribution is -0.140. The fraction of sp³-hybridized carbons (Fsp3) is 0.529. The Morgan fingerprint density at radius 2 is 1.91 bits per heavy atom. The molecular weight excluding hydrogens is 282 g/mol. The minimum Gasteiger partial charge on any atom is -0.481 e. The van der Waals surface area contributed by atoms with Crippen molar-refractivity contribution < 1.29 is 19.4 Å². The molecule has 22 heavy (non-hydrogen) atoms. The van der Waals surface area contributed by atoms with Crippen LogP contribution >= 0.6 is 0 Å². The summed E-state index contributed by atoms with van der Waals surface area (Å²) in [7, 11) is 0. The van der Waals surface area contributed by atoms with E-state index in [0.29, 0.717) is 19.5 Å². The maximum atomic E-state index is 12.1. The third-order valence-electron chi connectivity index (χ3n) is 3.77. The van der Waals surface area contributed by atoms with Crippen LogP contribution < -0.4 is 0 Å². The summed E-state index contributed by atoms with van der Waals surface area (Å²) >= 11 is 0. The molecule has 0 aromatic heterocycles. The van der Waals surface area contributed by atoms with Crippen LogP contribution in [0, 0.1) is 5.92 Å². The number of amides is 1. The first-order chi connectivity index (χ1) is 10.3. The van der Waals surface area contributed by atoms with E-state index in [1.165, 1.54) is 0 Å². The molecule has 0 bridgehead atoms. The maximum Gasteiger partial charge on any atom is 0.410 e. The van der Waals surface area contributed by atoms with Gasteiger partial charge in [0, 0.05) is 13.1 Å². The molecule has 0 radical (unpaired) electrons. The Labute approximate surface area is 130 Å². The molecule has 1 amide bonds. The number of carbonyl (C=O) groups is 2. The molecule has 0 spiro atoms. The number of likely N-dealkylation sites (tertiary alicyclic amines) is 1. The van der Waals surface area contributed by atoms with Crippen molar-refractivity contribution in [2.45, 2.75) is 38.7 Å². The van der Waals surface area contributed by atoms with Crippen LogP contribution in [-0.4, -0.2) is 40.8 Å². The first-order valence-corrected chi connectivity index (χ1v) is 7.53. The number of nitrogens with zero attached hydrogens (tertiary/aromatic N) is 1. The number of hydrogen-bond acceptors (Lipinski definition) is 3. The van der Waals surface area contributed by atoms with Crippen molar-refractivity contribution in [3.8, 4) is 0 Å². The summed E-state index contributed by atoms with van der Waals surface area (Å²) in [5, 5.41) is 9.56. The van der Waals surface area contributed by atoms with Crippen molar-refractivity contribution in [2.24, 2.45) is 5.92 Å². The van der Waals surface area contributed by atoms with Crippen LogP contribution in [0.25, 0.3) is 0 Å². The van der Waals surface area contributed by atoms with Gasteiger partial charge in [-0.3, -0.25) is 4.79 Å². The van der Waals surface area contributed by atoms with E-state index in [0.717, 1.165) is 5.56 Å². The quantitative estimate of drug-likeness (QED) is 0.931. The lowest BCUT2D eigenvalue weighted by atomic mass is 9.85. The Bertz CT molecular complexity index is 535. The van der Waals surface area contributed by atoms with Gasteiger partial charge in [0.1, 0.15) is 5.60 Å². The number of hydrogen-bond donors (Lipinski definition) is 1. The van der Waals surface area contributed by atoms with Gasteiger partial charge in [0.05, 0.1) is 5.92 Å². The van der Waals surface area contributed by atoms with Crippen LogP contribution in [0.1, 0.15) is 38.7 Å². The highest BCUT2D eigenvalue weighted by Crippen LogP contribution is 2.33. The molecule has 1 N–H and O–H groups in total. The number of benzene rings is 1. The number of aliphatic carboxylic acids is 1. The summed E-state index contributed by atoms with van der Waals surface area (Å²) < 4.78 is 5.36. The van der Waals surface area contributed by atoms with Gasteiger partial charge in [0.25, 0.3) is 0 Å². The zero-order valence-electron chi connectivity index (χ0n) is 13.3. The molecule has 5 heteroatoms. The average molecular weight is 305 g/mol. The van der Waals surface area contributed by atoms with Crippen LogP contribution in [0.5, 0.6) is 0 Å². The second-order valence-electron chi connectivity index (χ2n) is 6.70. The number of carboxylic acids is 1. The minimum absolute atomic E-state index is 0.0904. The highest BCUT2D eigenvalue weighted by Gasteiger charge is 2.37. The van der Waals surface area contributed by atoms with Crippen LogP contribution in [0.4, 0.5) is 4.79 Å². The molecule has 1 aromatic rings. The molecular formula is C17H23NO4. The van der Waals surface area contributed by atoms with Gasteiger partial charge in [-0.1, -0.05) is 30.3 Å². The molecule has 2 rings (SSSR count). The van der Waals surface area contributed by atoms with Gasteiger partial charge in [-0.05, 0) is 38.7 Å². The molecule has 0 unspecified atom stereocenters. The van der Waals surface area contributed by atoms with Crippen LogP contribution in [-0.2, 0) is 9.53 Å². The molecule has 2 atom stereocenters. The Kier molecular flexibility index (Phi) is 4.74. The van der Waals surface area contributed by atoms with E-state index in [2.05, 4.69) is 0 Å². The monoisotopic (exact) mass is 305 g/mol. The predicted octanol–water partition coefficient (Wildman–Crippen LogP) is 3.11. The Hall–Kier alpha value is -2.04. The SMILES string of the molecule is CC(C)(C)OC(=O)N1CC[C@H]([C@H](C(=O)O)c2ccccc2)C1. The van der Waals surface area contributed by atoms with E-state index in [-0.39, 0.29) is 12.0 Å². The minimum atomic E-state index is -0.845. The van der Waals surface area contributed by atoms with Gasteiger partial charge < -0.3 is 14.7 Å². The van der Waals surface area contributed by atoms with E-state index in [9.17, 15) is 14.7 Å². The zero-order valence-corrected chi connectivity index (χ0v) is 13.3. The van der Waals surface area contributed by atoms with Gasteiger partial charge in [0.15, 0.2) is 0 Å². The average Bonchev–Trinajstić information content (AvgIpc) is 2.87. The largest absolute Gasteiger partial charge is 0.481 e. The lowest BCUT2D eigenvalue weighted by Gasteiger charge is -2.25. The topological polar surface area (TPSA) is 66.8 Å². The summed E-state index contributed by atoms with van der Waals surface area (Å²) in [5.41, 5.74) is 0.242.